The first-order valence-corrected chi connectivity index (χ1v) is 13.2. The van der Waals surface area contributed by atoms with Crippen molar-refractivity contribution < 1.29 is 22.8 Å². The van der Waals surface area contributed by atoms with E-state index in [-0.39, 0.29) is 47.8 Å². The van der Waals surface area contributed by atoms with E-state index in [4.69, 9.17) is 0 Å². The van der Waals surface area contributed by atoms with Gasteiger partial charge in [-0.15, -0.1) is 0 Å². The summed E-state index contributed by atoms with van der Waals surface area (Å²) in [5.41, 5.74) is -0.519. The van der Waals surface area contributed by atoms with Crippen molar-refractivity contribution in [3.05, 3.63) is 29.8 Å². The predicted octanol–water partition coefficient (Wildman–Crippen LogP) is 2.29. The topological polar surface area (TPSA) is 107 Å². The van der Waals surface area contributed by atoms with Crippen molar-refractivity contribution in [2.45, 2.75) is 57.4 Å². The average molecular weight is 491 g/mol. The molecule has 2 aliphatic heterocycles. The van der Waals surface area contributed by atoms with Crippen LogP contribution in [0.3, 0.4) is 0 Å². The Bertz CT molecular complexity index is 1110. The fourth-order valence-electron chi connectivity index (χ4n) is 5.97. The molecule has 3 amide bonds. The van der Waals surface area contributed by atoms with Gasteiger partial charge in [-0.3, -0.25) is 14.5 Å². The number of urea groups is 1. The van der Waals surface area contributed by atoms with Gasteiger partial charge in [0.25, 0.3) is 5.91 Å². The van der Waals surface area contributed by atoms with Gasteiger partial charge in [0.2, 0.25) is 10.0 Å². The van der Waals surface area contributed by atoms with Gasteiger partial charge in [0.05, 0.1) is 11.6 Å². The summed E-state index contributed by atoms with van der Waals surface area (Å²) in [6.07, 6.45) is 2.28. The minimum absolute atomic E-state index is 0.0315. The third kappa shape index (κ3) is 4.63. The maximum atomic E-state index is 13.4. The Morgan fingerprint density at radius 3 is 2.41 bits per heavy atom. The van der Waals surface area contributed by atoms with Crippen molar-refractivity contribution in [1.82, 2.24) is 19.4 Å². The first-order chi connectivity index (χ1) is 15.8. The molecule has 2 atom stereocenters. The van der Waals surface area contributed by atoms with Crippen LogP contribution in [0.1, 0.15) is 57.3 Å². The SMILES string of the molecule is CC(=O)c1cccc(S(=O)(=O)N2CCN(CN3C(=O)N[C@@]4(C[C@H](C)CC(C)(C)C4)C3=O)CC2)c1. The molecule has 10 heteroatoms. The molecule has 0 aromatic heterocycles. The Hall–Kier alpha value is -2.30. The molecular formula is C24H34N4O5S. The molecule has 186 valence electrons. The first kappa shape index (κ1) is 24.8. The fraction of sp³-hybridized carbons (Fsp3) is 0.625. The van der Waals surface area contributed by atoms with E-state index in [2.05, 4.69) is 26.1 Å². The number of hydrogen-bond acceptors (Lipinski definition) is 6. The van der Waals surface area contributed by atoms with E-state index in [1.165, 1.54) is 28.3 Å². The standard InChI is InChI=1S/C24H34N4O5S/c1-17-13-23(3,4)15-24(14-17)21(30)28(22(31)25-24)16-26-8-10-27(11-9-26)34(32,33)20-7-5-6-19(12-20)18(2)29/h5-7,12,17H,8-11,13-16H2,1-4H3,(H,25,31)/t17-,24-/m1/s1. The minimum Gasteiger partial charge on any atom is -0.323 e. The van der Waals surface area contributed by atoms with Crippen LogP contribution in [-0.2, 0) is 14.8 Å². The van der Waals surface area contributed by atoms with E-state index in [9.17, 15) is 22.8 Å². The summed E-state index contributed by atoms with van der Waals surface area (Å²) >= 11 is 0. The number of carbonyl (C=O) groups is 3. The molecule has 0 bridgehead atoms. The van der Waals surface area contributed by atoms with Crippen molar-refractivity contribution in [3.8, 4) is 0 Å². The predicted molar refractivity (Wildman–Crippen MR) is 127 cm³/mol. The van der Waals surface area contributed by atoms with Crippen LogP contribution in [0.2, 0.25) is 0 Å². The molecule has 0 unspecified atom stereocenters. The first-order valence-electron chi connectivity index (χ1n) is 11.8. The van der Waals surface area contributed by atoms with Gasteiger partial charge < -0.3 is 5.32 Å². The second-order valence-corrected chi connectivity index (χ2v) is 12.8. The molecule has 3 aliphatic rings. The molecule has 1 aliphatic carbocycles. The second kappa shape index (κ2) is 8.73. The van der Waals surface area contributed by atoms with Crippen LogP contribution in [0.15, 0.2) is 29.2 Å². The Labute approximate surface area is 201 Å². The van der Waals surface area contributed by atoms with Gasteiger partial charge in [0.1, 0.15) is 5.54 Å². The van der Waals surface area contributed by atoms with Crippen LogP contribution in [0.4, 0.5) is 4.79 Å². The lowest BCUT2D eigenvalue weighted by Gasteiger charge is -2.44. The highest BCUT2D eigenvalue weighted by atomic mass is 32.2. The fourth-order valence-corrected chi connectivity index (χ4v) is 7.44. The number of rotatable bonds is 5. The van der Waals surface area contributed by atoms with Crippen molar-refractivity contribution in [1.29, 1.82) is 0 Å². The Morgan fingerprint density at radius 1 is 1.12 bits per heavy atom. The van der Waals surface area contributed by atoms with Crippen LogP contribution >= 0.6 is 0 Å². The summed E-state index contributed by atoms with van der Waals surface area (Å²) in [5.74, 6) is -0.0274. The van der Waals surface area contributed by atoms with Crippen molar-refractivity contribution in [2.75, 3.05) is 32.8 Å². The van der Waals surface area contributed by atoms with E-state index >= 15 is 0 Å². The molecule has 1 saturated carbocycles. The van der Waals surface area contributed by atoms with Crippen LogP contribution in [0.5, 0.6) is 0 Å². The van der Waals surface area contributed by atoms with Crippen LogP contribution in [0.25, 0.3) is 0 Å². The van der Waals surface area contributed by atoms with E-state index in [1.54, 1.807) is 12.1 Å². The number of carbonyl (C=O) groups excluding carboxylic acids is 3. The third-order valence-corrected chi connectivity index (χ3v) is 9.07. The molecule has 4 rings (SSSR count). The summed E-state index contributed by atoms with van der Waals surface area (Å²) < 4.78 is 27.5. The lowest BCUT2D eigenvalue weighted by molar-refractivity contribution is -0.136. The number of nitrogens with one attached hydrogen (secondary N) is 1. The smallest absolute Gasteiger partial charge is 0.323 e. The number of amides is 3. The molecule has 0 radical (unpaired) electrons. The normalized spacial score (nSPS) is 28.4. The Kier molecular flexibility index (Phi) is 6.37. The number of piperazine rings is 1. The van der Waals surface area contributed by atoms with Gasteiger partial charge in [0, 0.05) is 31.7 Å². The Morgan fingerprint density at radius 2 is 1.79 bits per heavy atom. The number of ketones is 1. The monoisotopic (exact) mass is 490 g/mol. The number of hydrogen-bond donors (Lipinski definition) is 1. The zero-order chi connectivity index (χ0) is 24.9. The number of sulfonamides is 1. The van der Waals surface area contributed by atoms with Gasteiger partial charge in [-0.25, -0.2) is 18.1 Å². The van der Waals surface area contributed by atoms with Gasteiger partial charge in [0.15, 0.2) is 5.78 Å². The van der Waals surface area contributed by atoms with E-state index in [0.29, 0.717) is 37.4 Å². The van der Waals surface area contributed by atoms with E-state index in [1.807, 2.05) is 4.90 Å². The van der Waals surface area contributed by atoms with Crippen LogP contribution in [0, 0.1) is 11.3 Å². The van der Waals surface area contributed by atoms with Crippen molar-refractivity contribution in [2.24, 2.45) is 11.3 Å². The van der Waals surface area contributed by atoms with Crippen LogP contribution in [-0.4, -0.2) is 78.6 Å². The summed E-state index contributed by atoms with van der Waals surface area (Å²) in [7, 11) is -3.74. The molecule has 2 saturated heterocycles. The van der Waals surface area contributed by atoms with Crippen LogP contribution < -0.4 is 5.32 Å². The lowest BCUT2D eigenvalue weighted by Crippen LogP contribution is -2.55. The largest absolute Gasteiger partial charge is 0.326 e. The maximum Gasteiger partial charge on any atom is 0.326 e. The van der Waals surface area contributed by atoms with Gasteiger partial charge >= 0.3 is 6.03 Å². The molecule has 1 spiro atoms. The summed E-state index contributed by atoms with van der Waals surface area (Å²) in [6.45, 7) is 9.23. The number of imide groups is 1. The molecule has 1 aromatic rings. The zero-order valence-electron chi connectivity index (χ0n) is 20.3. The molecule has 1 aromatic carbocycles. The summed E-state index contributed by atoms with van der Waals surface area (Å²) in [6, 6.07) is 5.70. The summed E-state index contributed by atoms with van der Waals surface area (Å²) in [5, 5.41) is 2.99. The lowest BCUT2D eigenvalue weighted by atomic mass is 9.64. The number of benzene rings is 1. The Balaban J connectivity index is 1.41. The molecular weight excluding hydrogens is 456 g/mol. The van der Waals surface area contributed by atoms with Gasteiger partial charge in [-0.05, 0) is 49.7 Å². The zero-order valence-corrected chi connectivity index (χ0v) is 21.2. The molecule has 1 N–H and O–H groups in total. The van der Waals surface area contributed by atoms with Crippen molar-refractivity contribution in [3.63, 3.8) is 0 Å². The molecule has 3 fully saturated rings. The highest BCUT2D eigenvalue weighted by molar-refractivity contribution is 7.89. The van der Waals surface area contributed by atoms with Gasteiger partial charge in [-0.1, -0.05) is 32.9 Å². The minimum atomic E-state index is -3.74. The quantitative estimate of drug-likeness (QED) is 0.501. The van der Waals surface area contributed by atoms with E-state index < -0.39 is 15.6 Å². The average Bonchev–Trinajstić information content (AvgIpc) is 2.96. The van der Waals surface area contributed by atoms with Crippen molar-refractivity contribution >= 4 is 27.7 Å². The van der Waals surface area contributed by atoms with E-state index in [0.717, 1.165) is 6.42 Å². The second-order valence-electron chi connectivity index (χ2n) is 10.8. The van der Waals surface area contributed by atoms with Gasteiger partial charge in [-0.2, -0.15) is 4.31 Å². The highest BCUT2D eigenvalue weighted by Gasteiger charge is 2.56. The number of nitrogens with zero attached hydrogens (tertiary/aromatic N) is 3. The number of Topliss-reactive ketones (excluding diaryl/α,β-unsaturated/α-hetero) is 1. The highest BCUT2D eigenvalue weighted by Crippen LogP contribution is 2.46. The third-order valence-electron chi connectivity index (χ3n) is 7.18. The summed E-state index contributed by atoms with van der Waals surface area (Å²) in [4.78, 5) is 41.1. The maximum absolute atomic E-state index is 13.4. The molecule has 9 nitrogen and oxygen atoms in total. The molecule has 2 heterocycles. The molecule has 34 heavy (non-hydrogen) atoms.